The van der Waals surface area contributed by atoms with Crippen LogP contribution in [0.4, 0.5) is 5.69 Å². The molecule has 3 aliphatic rings. The lowest BCUT2D eigenvalue weighted by atomic mass is 9.90. The number of fused-ring (bicyclic) bond motifs is 2. The number of hydrogen-bond donors (Lipinski definition) is 0. The van der Waals surface area contributed by atoms with Crippen molar-refractivity contribution < 1.29 is 28.4 Å². The van der Waals surface area contributed by atoms with Crippen LogP contribution in [0.15, 0.2) is 89.3 Å². The van der Waals surface area contributed by atoms with Crippen LogP contribution in [0.1, 0.15) is 85.1 Å². The molecule has 1 fully saturated rings. The van der Waals surface area contributed by atoms with Crippen LogP contribution in [-0.4, -0.2) is 81.9 Å². The van der Waals surface area contributed by atoms with Gasteiger partial charge < -0.3 is 19.1 Å². The lowest BCUT2D eigenvalue weighted by Gasteiger charge is -2.23. The van der Waals surface area contributed by atoms with Crippen LogP contribution in [0, 0.1) is 0 Å². The Labute approximate surface area is 343 Å². The molecule has 1 aliphatic carbocycles. The maximum absolute atomic E-state index is 14.5. The summed E-state index contributed by atoms with van der Waals surface area (Å²) in [7, 11) is 1.78. The van der Waals surface area contributed by atoms with Crippen molar-refractivity contribution in [1.82, 2.24) is 29.5 Å². The standard InChI is InChI=1S/C46H50N7O6/c1-7-39-38(47-48-52(39)28-30-16-18-31(19-17-30)46(57)59-53-42(54)24-25-43(53)55)29-49(6)45(56)35-15-13-12-14-34(35)44-36-22-20-32(50(8-2)9-3)26-40(36)58-41-27-33(21-23-37(41)44)51(10-4)11-5/h12-23,26-27H,7-11,24-25,28-29H2,1-6H3/q+1. The molecule has 7 rings (SSSR count). The number of nitrogens with zero attached hydrogens (tertiary/aromatic N) is 7. The van der Waals surface area contributed by atoms with Gasteiger partial charge in [0.1, 0.15) is 30.1 Å². The van der Waals surface area contributed by atoms with E-state index in [2.05, 4.69) is 83.9 Å². The highest BCUT2D eigenvalue weighted by Crippen LogP contribution is 2.42. The number of amides is 3. The summed E-state index contributed by atoms with van der Waals surface area (Å²) in [6, 6.07) is 27.1. The summed E-state index contributed by atoms with van der Waals surface area (Å²) < 4.78 is 10.8. The average Bonchev–Trinajstić information content (AvgIpc) is 3.79. The second-order valence-corrected chi connectivity index (χ2v) is 14.5. The Balaban J connectivity index is 1.17. The zero-order valence-electron chi connectivity index (χ0n) is 34.5. The highest BCUT2D eigenvalue weighted by molar-refractivity contribution is 6.09. The van der Waals surface area contributed by atoms with E-state index in [-0.39, 0.29) is 30.9 Å². The van der Waals surface area contributed by atoms with Gasteiger partial charge in [-0.05, 0) is 81.6 Å². The van der Waals surface area contributed by atoms with Crippen molar-refractivity contribution in [1.29, 1.82) is 0 Å². The first-order valence-corrected chi connectivity index (χ1v) is 20.3. The van der Waals surface area contributed by atoms with Crippen molar-refractivity contribution >= 4 is 40.3 Å². The molecule has 13 heteroatoms. The summed E-state index contributed by atoms with van der Waals surface area (Å²) in [6.45, 7) is 14.7. The van der Waals surface area contributed by atoms with Crippen molar-refractivity contribution in [2.24, 2.45) is 0 Å². The van der Waals surface area contributed by atoms with Gasteiger partial charge in [-0.15, -0.1) is 10.2 Å². The molecule has 304 valence electrons. The maximum atomic E-state index is 14.5. The molecule has 1 aromatic heterocycles. The first-order chi connectivity index (χ1) is 28.6. The number of hydrogen-bond acceptors (Lipinski definition) is 9. The lowest BCUT2D eigenvalue weighted by molar-refractivity contribution is -0.172. The molecule has 0 spiro atoms. The molecule has 0 N–H and O–H groups in total. The van der Waals surface area contributed by atoms with E-state index in [0.29, 0.717) is 29.3 Å². The zero-order valence-corrected chi connectivity index (χ0v) is 34.5. The van der Waals surface area contributed by atoms with E-state index >= 15 is 0 Å². The molecular weight excluding hydrogens is 747 g/mol. The molecule has 3 amide bonds. The van der Waals surface area contributed by atoms with Crippen LogP contribution in [0.5, 0.6) is 0 Å². The lowest BCUT2D eigenvalue weighted by Crippen LogP contribution is -2.32. The van der Waals surface area contributed by atoms with E-state index in [9.17, 15) is 19.2 Å². The first-order valence-electron chi connectivity index (χ1n) is 20.3. The summed E-state index contributed by atoms with van der Waals surface area (Å²) in [5.74, 6) is -1.26. The molecule has 0 unspecified atom stereocenters. The molecule has 3 aromatic carbocycles. The minimum Gasteiger partial charge on any atom is -0.456 e. The van der Waals surface area contributed by atoms with Crippen LogP contribution in [0.3, 0.4) is 0 Å². The van der Waals surface area contributed by atoms with Gasteiger partial charge in [0.05, 0.1) is 30.4 Å². The predicted octanol–water partition coefficient (Wildman–Crippen LogP) is 6.56. The Morgan fingerprint density at radius 2 is 1.56 bits per heavy atom. The number of aromatic nitrogens is 3. The second-order valence-electron chi connectivity index (χ2n) is 14.5. The van der Waals surface area contributed by atoms with Gasteiger partial charge in [0.25, 0.3) is 17.7 Å². The Morgan fingerprint density at radius 1 is 0.847 bits per heavy atom. The molecule has 1 saturated heterocycles. The molecule has 0 saturated carbocycles. The van der Waals surface area contributed by atoms with Crippen molar-refractivity contribution in [3.05, 3.63) is 118 Å². The normalized spacial score (nSPS) is 12.7. The van der Waals surface area contributed by atoms with Crippen LogP contribution >= 0.6 is 0 Å². The van der Waals surface area contributed by atoms with E-state index in [0.717, 1.165) is 81.9 Å². The SMILES string of the molecule is CCc1c(CN(C)C(=O)c2ccccc2-c2c3ccc(=[N+](CC)CC)cc-3oc3cc(N(CC)CC)ccc23)nnn1Cc1ccc(C(=O)ON2C(=O)CCC2=O)cc1. The molecule has 0 radical (unpaired) electrons. The van der Waals surface area contributed by atoms with Gasteiger partial charge >= 0.3 is 5.97 Å². The van der Waals surface area contributed by atoms with Crippen LogP contribution < -0.4 is 14.8 Å². The Kier molecular flexibility index (Phi) is 12.0. The average molecular weight is 797 g/mol. The van der Waals surface area contributed by atoms with Crippen molar-refractivity contribution in [3.63, 3.8) is 0 Å². The van der Waals surface area contributed by atoms with Gasteiger partial charge in [0.2, 0.25) is 5.36 Å². The monoisotopic (exact) mass is 796 g/mol. The largest absolute Gasteiger partial charge is 0.456 e. The quantitative estimate of drug-likeness (QED) is 0.0683. The minimum atomic E-state index is -0.788. The van der Waals surface area contributed by atoms with Gasteiger partial charge in [-0.2, -0.15) is 0 Å². The molecule has 59 heavy (non-hydrogen) atoms. The fourth-order valence-corrected chi connectivity index (χ4v) is 7.84. The number of benzene rings is 4. The predicted molar refractivity (Wildman–Crippen MR) is 225 cm³/mol. The summed E-state index contributed by atoms with van der Waals surface area (Å²) in [5.41, 5.74) is 7.67. The molecular formula is C46H50N7O6+. The Hall–Kier alpha value is -6.63. The number of carbonyl (C=O) groups excluding carboxylic acids is 4. The van der Waals surface area contributed by atoms with Crippen molar-refractivity contribution in [2.75, 3.05) is 38.1 Å². The van der Waals surface area contributed by atoms with Gasteiger partial charge in [-0.3, -0.25) is 14.4 Å². The fourth-order valence-electron chi connectivity index (χ4n) is 7.84. The smallest absolute Gasteiger partial charge is 0.363 e. The maximum Gasteiger partial charge on any atom is 0.363 e. The first kappa shape index (κ1) is 40.6. The highest BCUT2D eigenvalue weighted by Gasteiger charge is 2.33. The van der Waals surface area contributed by atoms with E-state index in [4.69, 9.17) is 9.25 Å². The Bertz CT molecular complexity index is 2570. The molecule has 0 atom stereocenters. The summed E-state index contributed by atoms with van der Waals surface area (Å²) in [4.78, 5) is 59.9. The van der Waals surface area contributed by atoms with E-state index in [1.807, 2.05) is 31.2 Å². The van der Waals surface area contributed by atoms with Crippen molar-refractivity contribution in [3.8, 4) is 22.5 Å². The van der Waals surface area contributed by atoms with Crippen LogP contribution in [0.25, 0.3) is 33.4 Å². The number of hydroxylamine groups is 2. The second kappa shape index (κ2) is 17.5. The topological polar surface area (TPSA) is 134 Å². The third-order valence-corrected chi connectivity index (χ3v) is 11.1. The number of imide groups is 1. The molecule has 3 heterocycles. The van der Waals surface area contributed by atoms with Crippen molar-refractivity contribution in [2.45, 2.75) is 67.0 Å². The van der Waals surface area contributed by atoms with Crippen LogP contribution in [-0.2, 0) is 33.9 Å². The third kappa shape index (κ3) is 8.09. The minimum absolute atomic E-state index is 0.0257. The molecule has 4 aromatic rings. The van der Waals surface area contributed by atoms with Crippen LogP contribution in [0.2, 0.25) is 0 Å². The van der Waals surface area contributed by atoms with Gasteiger partial charge in [-0.1, -0.05) is 42.5 Å². The summed E-state index contributed by atoms with van der Waals surface area (Å²) >= 11 is 0. The number of anilines is 1. The van der Waals surface area contributed by atoms with E-state index in [1.54, 1.807) is 40.9 Å². The summed E-state index contributed by atoms with van der Waals surface area (Å²) in [6.07, 6.45) is 0.676. The zero-order chi connectivity index (χ0) is 41.8. The highest BCUT2D eigenvalue weighted by atomic mass is 16.7. The van der Waals surface area contributed by atoms with E-state index < -0.39 is 17.8 Å². The van der Waals surface area contributed by atoms with Gasteiger partial charge in [0, 0.05) is 72.9 Å². The number of rotatable bonds is 14. The third-order valence-electron chi connectivity index (χ3n) is 11.1. The Morgan fingerprint density at radius 3 is 2.24 bits per heavy atom. The summed E-state index contributed by atoms with van der Waals surface area (Å²) in [5, 5.41) is 11.5. The molecule has 2 aliphatic heterocycles. The van der Waals surface area contributed by atoms with E-state index in [1.165, 1.54) is 0 Å². The molecule has 0 bridgehead atoms. The van der Waals surface area contributed by atoms with Gasteiger partial charge in [-0.25, -0.2) is 14.1 Å². The fraction of sp³-hybridized carbons (Fsp3) is 0.326. The number of carbonyl (C=O) groups is 4. The van der Waals surface area contributed by atoms with Gasteiger partial charge in [0.15, 0.2) is 0 Å². The molecule has 13 nitrogen and oxygen atoms in total.